The third-order valence-corrected chi connectivity index (χ3v) is 4.75. The van der Waals surface area contributed by atoms with E-state index in [1.54, 1.807) is 0 Å². The van der Waals surface area contributed by atoms with Gasteiger partial charge in [0.1, 0.15) is 11.7 Å². The molecule has 1 atom stereocenters. The molecular formula is C19H24F3N7O3. The number of morpholine rings is 1. The molecule has 1 amide bonds. The maximum Gasteiger partial charge on any atom is 0.416 e. The Morgan fingerprint density at radius 1 is 1.28 bits per heavy atom. The molecule has 0 spiro atoms. The number of nitrogens with two attached hydrogens (primary N) is 2. The van der Waals surface area contributed by atoms with E-state index in [1.807, 2.05) is 4.90 Å². The average Bonchev–Trinajstić information content (AvgIpc) is 2.75. The zero-order valence-corrected chi connectivity index (χ0v) is 17.3. The Kier molecular flexibility index (Phi) is 7.20. The number of aromatic nitrogens is 2. The van der Waals surface area contributed by atoms with Gasteiger partial charge in [0.05, 0.1) is 25.9 Å². The number of amides is 1. The number of carbonyl (C=O) groups is 1. The molecule has 0 radical (unpaired) electrons. The van der Waals surface area contributed by atoms with E-state index in [0.29, 0.717) is 26.3 Å². The number of hydrogen-bond donors (Lipinski definition) is 4. The molecule has 3 rings (SSSR count). The second-order valence-electron chi connectivity index (χ2n) is 7.03. The van der Waals surface area contributed by atoms with Crippen molar-refractivity contribution in [1.29, 1.82) is 0 Å². The van der Waals surface area contributed by atoms with Gasteiger partial charge < -0.3 is 31.6 Å². The summed E-state index contributed by atoms with van der Waals surface area (Å²) >= 11 is 0. The summed E-state index contributed by atoms with van der Waals surface area (Å²) in [4.78, 5) is 22.9. The number of methoxy groups -OCH3 is 1. The predicted octanol–water partition coefficient (Wildman–Crippen LogP) is 1.42. The van der Waals surface area contributed by atoms with E-state index in [4.69, 9.17) is 20.9 Å². The second-order valence-corrected chi connectivity index (χ2v) is 7.03. The molecular weight excluding hydrogens is 431 g/mol. The molecule has 0 unspecified atom stereocenters. The Hall–Kier alpha value is -3.32. The fourth-order valence-electron chi connectivity index (χ4n) is 3.13. The van der Waals surface area contributed by atoms with Crippen molar-refractivity contribution >= 4 is 29.0 Å². The monoisotopic (exact) mass is 455 g/mol. The van der Waals surface area contributed by atoms with E-state index in [0.717, 1.165) is 12.1 Å². The van der Waals surface area contributed by atoms with E-state index in [1.165, 1.54) is 19.2 Å². The number of benzene rings is 1. The summed E-state index contributed by atoms with van der Waals surface area (Å²) in [6.07, 6.45) is -4.53. The van der Waals surface area contributed by atoms with E-state index in [2.05, 4.69) is 20.6 Å². The molecule has 0 saturated carbocycles. The summed E-state index contributed by atoms with van der Waals surface area (Å²) < 4.78 is 49.4. The third kappa shape index (κ3) is 5.88. The number of nitrogen functional groups attached to an aromatic ring is 2. The maximum atomic E-state index is 13.0. The van der Waals surface area contributed by atoms with Gasteiger partial charge in [0.2, 0.25) is 17.7 Å². The highest BCUT2D eigenvalue weighted by Crippen LogP contribution is 2.31. The zero-order valence-electron chi connectivity index (χ0n) is 17.3. The number of hydrogen-bond acceptors (Lipinski definition) is 9. The average molecular weight is 455 g/mol. The van der Waals surface area contributed by atoms with Crippen LogP contribution in [0, 0.1) is 0 Å². The van der Waals surface area contributed by atoms with Crippen molar-refractivity contribution in [3.05, 3.63) is 29.8 Å². The highest BCUT2D eigenvalue weighted by Gasteiger charge is 2.31. The first-order valence-corrected chi connectivity index (χ1v) is 9.69. The standard InChI is InChI=1S/C19H24F3N7O3/c1-31-17-14(23)15(27-18(24)28-17)26-13(10-29-5-7-32-8-6-29)16(30)25-12-4-2-3-11(9-12)19(20,21)22/h2-4,9,13H,5-8,10,23H2,1H3,(H,25,30)(H3,24,26,27,28)/t13-/m0/s1. The van der Waals surface area contributed by atoms with Crippen LogP contribution in [0.25, 0.3) is 0 Å². The van der Waals surface area contributed by atoms with Gasteiger partial charge in [-0.05, 0) is 18.2 Å². The molecule has 1 aliphatic heterocycles. The predicted molar refractivity (Wildman–Crippen MR) is 112 cm³/mol. The van der Waals surface area contributed by atoms with Crippen molar-refractivity contribution in [3.63, 3.8) is 0 Å². The Labute approximate surface area is 182 Å². The summed E-state index contributed by atoms with van der Waals surface area (Å²) in [6.45, 7) is 2.38. The summed E-state index contributed by atoms with van der Waals surface area (Å²) in [5, 5.41) is 5.44. The molecule has 13 heteroatoms. The highest BCUT2D eigenvalue weighted by molar-refractivity contribution is 5.97. The number of rotatable bonds is 7. The number of alkyl halides is 3. The first-order valence-electron chi connectivity index (χ1n) is 9.69. The molecule has 1 aliphatic rings. The second kappa shape index (κ2) is 9.87. The minimum atomic E-state index is -4.53. The van der Waals surface area contributed by atoms with Gasteiger partial charge >= 0.3 is 6.18 Å². The molecule has 2 heterocycles. The van der Waals surface area contributed by atoms with Crippen LogP contribution in [0.1, 0.15) is 5.56 Å². The Balaban J connectivity index is 1.84. The lowest BCUT2D eigenvalue weighted by atomic mass is 10.1. The SMILES string of the molecule is COc1nc(N)nc(N[C@@H](CN2CCOCC2)C(=O)Nc2cccc(C(F)(F)F)c2)c1N. The number of nitrogens with one attached hydrogen (secondary N) is 2. The largest absolute Gasteiger partial charge is 0.479 e. The fraction of sp³-hybridized carbons (Fsp3) is 0.421. The van der Waals surface area contributed by atoms with E-state index >= 15 is 0 Å². The van der Waals surface area contributed by atoms with Crippen LogP contribution in [0.4, 0.5) is 36.3 Å². The topological polar surface area (TPSA) is 141 Å². The highest BCUT2D eigenvalue weighted by atomic mass is 19.4. The minimum absolute atomic E-state index is 0.00589. The number of anilines is 4. The lowest BCUT2D eigenvalue weighted by Gasteiger charge is -2.30. The van der Waals surface area contributed by atoms with Crippen LogP contribution in [0.3, 0.4) is 0 Å². The van der Waals surface area contributed by atoms with Crippen LogP contribution >= 0.6 is 0 Å². The Bertz CT molecular complexity index is 952. The lowest BCUT2D eigenvalue weighted by Crippen LogP contribution is -2.48. The van der Waals surface area contributed by atoms with E-state index in [-0.39, 0.29) is 35.6 Å². The van der Waals surface area contributed by atoms with Crippen molar-refractivity contribution in [2.75, 3.05) is 62.1 Å². The van der Waals surface area contributed by atoms with Crippen molar-refractivity contribution in [1.82, 2.24) is 14.9 Å². The summed E-state index contributed by atoms with van der Waals surface area (Å²) in [7, 11) is 1.35. The van der Waals surface area contributed by atoms with Gasteiger partial charge in [0.25, 0.3) is 0 Å². The minimum Gasteiger partial charge on any atom is -0.479 e. The van der Waals surface area contributed by atoms with Crippen LogP contribution < -0.4 is 26.8 Å². The first-order chi connectivity index (χ1) is 15.2. The molecule has 174 valence electrons. The molecule has 32 heavy (non-hydrogen) atoms. The molecule has 1 saturated heterocycles. The first kappa shape index (κ1) is 23.3. The molecule has 10 nitrogen and oxygen atoms in total. The number of carbonyl (C=O) groups excluding carboxylic acids is 1. The molecule has 1 aromatic heterocycles. The van der Waals surface area contributed by atoms with E-state index in [9.17, 15) is 18.0 Å². The Morgan fingerprint density at radius 2 is 2.00 bits per heavy atom. The molecule has 0 aliphatic carbocycles. The summed E-state index contributed by atoms with van der Waals surface area (Å²) in [5.41, 5.74) is 10.9. The quantitative estimate of drug-likeness (QED) is 0.488. The fourth-order valence-corrected chi connectivity index (χ4v) is 3.13. The number of nitrogens with zero attached hydrogens (tertiary/aromatic N) is 3. The lowest BCUT2D eigenvalue weighted by molar-refractivity contribution is -0.137. The smallest absolute Gasteiger partial charge is 0.416 e. The van der Waals surface area contributed by atoms with E-state index < -0.39 is 23.7 Å². The van der Waals surface area contributed by atoms with Crippen molar-refractivity contribution in [2.45, 2.75) is 12.2 Å². The number of halogens is 3. The third-order valence-electron chi connectivity index (χ3n) is 4.75. The van der Waals surface area contributed by atoms with Crippen LogP contribution in [-0.2, 0) is 15.7 Å². The maximum absolute atomic E-state index is 13.0. The van der Waals surface area contributed by atoms with Crippen LogP contribution in [0.2, 0.25) is 0 Å². The van der Waals surface area contributed by atoms with Crippen molar-refractivity contribution in [2.24, 2.45) is 0 Å². The molecule has 1 aromatic carbocycles. The molecule has 0 bridgehead atoms. The van der Waals surface area contributed by atoms with Crippen LogP contribution in [0.5, 0.6) is 5.88 Å². The number of ether oxygens (including phenoxy) is 2. The van der Waals surface area contributed by atoms with Crippen molar-refractivity contribution < 1.29 is 27.4 Å². The Morgan fingerprint density at radius 3 is 2.66 bits per heavy atom. The van der Waals surface area contributed by atoms with Gasteiger partial charge in [-0.3, -0.25) is 9.69 Å². The van der Waals surface area contributed by atoms with Gasteiger partial charge in [0, 0.05) is 25.3 Å². The van der Waals surface area contributed by atoms with Gasteiger partial charge in [-0.1, -0.05) is 6.07 Å². The van der Waals surface area contributed by atoms with Crippen LogP contribution in [-0.4, -0.2) is 66.8 Å². The van der Waals surface area contributed by atoms with Gasteiger partial charge in [0.15, 0.2) is 5.82 Å². The zero-order chi connectivity index (χ0) is 23.3. The summed E-state index contributed by atoms with van der Waals surface area (Å²) in [5.74, 6) is -0.594. The van der Waals surface area contributed by atoms with Crippen molar-refractivity contribution in [3.8, 4) is 5.88 Å². The molecule has 1 fully saturated rings. The van der Waals surface area contributed by atoms with Gasteiger partial charge in [-0.15, -0.1) is 0 Å². The van der Waals surface area contributed by atoms with Gasteiger partial charge in [-0.2, -0.15) is 23.1 Å². The van der Waals surface area contributed by atoms with Gasteiger partial charge in [-0.25, -0.2) is 0 Å². The normalized spacial score (nSPS) is 15.8. The summed E-state index contributed by atoms with van der Waals surface area (Å²) in [6, 6.07) is 3.46. The van der Waals surface area contributed by atoms with Crippen LogP contribution in [0.15, 0.2) is 24.3 Å². The molecule has 2 aromatic rings. The molecule has 6 N–H and O–H groups in total.